The van der Waals surface area contributed by atoms with Gasteiger partial charge in [0, 0.05) is 12.0 Å². The molecule has 0 spiro atoms. The van der Waals surface area contributed by atoms with Crippen molar-refractivity contribution < 1.29 is 48.5 Å². The van der Waals surface area contributed by atoms with E-state index in [9.17, 15) is 19.8 Å². The van der Waals surface area contributed by atoms with Crippen LogP contribution in [-0.4, -0.2) is 84.5 Å². The molecule has 0 fully saturated rings. The van der Waals surface area contributed by atoms with Gasteiger partial charge in [-0.05, 0) is 38.0 Å². The van der Waals surface area contributed by atoms with Crippen molar-refractivity contribution in [1.29, 1.82) is 5.41 Å². The second-order valence-corrected chi connectivity index (χ2v) is 12.8. The van der Waals surface area contributed by atoms with E-state index in [2.05, 4.69) is 27.5 Å². The molecule has 0 saturated heterocycles. The Morgan fingerprint density at radius 2 is 2.08 bits per heavy atom. The number of methoxy groups -OCH3 is 1. The number of aliphatic hydroxyl groups is 2. The molecule has 1 amide bonds. The minimum Gasteiger partial charge on any atom is -0.496 e. The van der Waals surface area contributed by atoms with Crippen molar-refractivity contribution in [2.75, 3.05) is 26.9 Å². The number of hydrogen-bond donors (Lipinski definition) is 7. The Morgan fingerprint density at radius 3 is 2.82 bits per heavy atom. The van der Waals surface area contributed by atoms with Crippen molar-refractivity contribution in [3.8, 4) is 17.2 Å². The summed E-state index contributed by atoms with van der Waals surface area (Å²) in [6.45, 7) is 6.00. The molecule has 5 heterocycles. The van der Waals surface area contributed by atoms with Crippen LogP contribution in [0.25, 0.3) is 5.57 Å². The molecule has 1 aromatic carbocycles. The van der Waals surface area contributed by atoms with E-state index in [1.165, 1.54) is 0 Å². The van der Waals surface area contributed by atoms with Crippen molar-refractivity contribution >= 4 is 35.0 Å². The number of amidine groups is 1. The van der Waals surface area contributed by atoms with Crippen molar-refractivity contribution in [3.05, 3.63) is 47.0 Å². The maximum atomic E-state index is 13.0. The Bertz CT molecular complexity index is 1700. The average molecular weight is 680 g/mol. The summed E-state index contributed by atoms with van der Waals surface area (Å²) in [5, 5.41) is 35.9. The molecule has 49 heavy (non-hydrogen) atoms. The zero-order valence-corrected chi connectivity index (χ0v) is 28.3. The number of fused-ring (bicyclic) bond motifs is 3. The average Bonchev–Trinajstić information content (AvgIpc) is 3.83. The van der Waals surface area contributed by atoms with Gasteiger partial charge >= 0.3 is 12.3 Å². The van der Waals surface area contributed by atoms with Crippen LogP contribution in [0, 0.1) is 5.41 Å². The number of nitrogens with zero attached hydrogens (tertiary/aromatic N) is 2. The molecule has 0 aliphatic carbocycles. The van der Waals surface area contributed by atoms with Crippen molar-refractivity contribution in [3.63, 3.8) is 0 Å². The Kier molecular flexibility index (Phi) is 9.88. The summed E-state index contributed by atoms with van der Waals surface area (Å²) < 4.78 is 23.9. The molecule has 0 radical (unpaired) electrons. The van der Waals surface area contributed by atoms with E-state index < -0.39 is 30.2 Å². The predicted octanol–water partition coefficient (Wildman–Crippen LogP) is -0.562. The van der Waals surface area contributed by atoms with Gasteiger partial charge < -0.3 is 29.2 Å². The minimum atomic E-state index is -1.13. The molecule has 262 valence electrons. The van der Waals surface area contributed by atoms with E-state index in [1.54, 1.807) is 27.0 Å². The number of allylic oxidation sites excluding steroid dienone is 2. The number of ether oxygens (including phenoxy) is 4. The van der Waals surface area contributed by atoms with Gasteiger partial charge in [-0.15, -0.1) is 0 Å². The molecule has 5 atom stereocenters. The van der Waals surface area contributed by atoms with Crippen molar-refractivity contribution in [2.45, 2.75) is 83.9 Å². The number of quaternary nitrogens is 2. The second-order valence-electron chi connectivity index (χ2n) is 12.8. The van der Waals surface area contributed by atoms with Gasteiger partial charge in [0.1, 0.15) is 36.1 Å². The monoisotopic (exact) mass is 679 g/mol. The zero-order valence-electron chi connectivity index (χ0n) is 28.3. The number of guanidine groups is 1. The SMILES string of the molecule is CCCCCCC(C)(O)C1Cc2c(c(CO)c3c(c2OC)C(=CC[NH+]2C=CNC2[NH+]2CN=C4C(=O)NC(=N)N=C42)C=C(C(=O)OCC)O3)O1. The highest BCUT2D eigenvalue weighted by molar-refractivity contribution is 6.68. The quantitative estimate of drug-likeness (QED) is 0.106. The Hall–Kier alpha value is -4.57. The lowest BCUT2D eigenvalue weighted by Gasteiger charge is -2.29. The lowest BCUT2D eigenvalue weighted by Crippen LogP contribution is -3.36. The normalized spacial score (nSPS) is 25.5. The van der Waals surface area contributed by atoms with Gasteiger partial charge in [-0.25, -0.2) is 14.7 Å². The number of hydrogen-bond acceptors (Lipinski definition) is 11. The first kappa shape index (κ1) is 34.3. The van der Waals surface area contributed by atoms with E-state index in [0.717, 1.165) is 35.5 Å². The molecule has 6 rings (SSSR count). The highest BCUT2D eigenvalue weighted by Gasteiger charge is 2.47. The lowest BCUT2D eigenvalue weighted by atomic mass is 9.87. The summed E-state index contributed by atoms with van der Waals surface area (Å²) in [6.07, 6.45) is 11.4. The molecule has 5 aliphatic heterocycles. The Balaban J connectivity index is 1.35. The number of amides is 1. The number of nitrogens with one attached hydrogen (secondary N) is 5. The number of aliphatic imine (C=N–C) groups is 2. The largest absolute Gasteiger partial charge is 0.496 e. The van der Waals surface area contributed by atoms with E-state index in [1.807, 2.05) is 18.5 Å². The summed E-state index contributed by atoms with van der Waals surface area (Å²) in [7, 11) is 1.55. The number of rotatable bonds is 13. The Morgan fingerprint density at radius 1 is 1.27 bits per heavy atom. The van der Waals surface area contributed by atoms with Crippen LogP contribution < -0.4 is 34.6 Å². The lowest BCUT2D eigenvalue weighted by molar-refractivity contribution is -1.05. The zero-order chi connectivity index (χ0) is 34.9. The molecule has 0 saturated carbocycles. The number of benzene rings is 1. The fraction of sp³-hybridized carbons (Fsp3) is 0.500. The van der Waals surface area contributed by atoms with Gasteiger partial charge in [-0.1, -0.05) is 32.6 Å². The van der Waals surface area contributed by atoms with Gasteiger partial charge in [-0.3, -0.25) is 20.8 Å². The summed E-state index contributed by atoms with van der Waals surface area (Å²) in [5.41, 5.74) is 1.32. The number of carbonyl (C=O) groups excluding carboxylic acids is 2. The first-order valence-electron chi connectivity index (χ1n) is 16.8. The summed E-state index contributed by atoms with van der Waals surface area (Å²) in [6, 6.07) is 0. The molecule has 0 bridgehead atoms. The molecule has 0 aromatic heterocycles. The first-order chi connectivity index (χ1) is 23.6. The molecule has 15 nitrogen and oxygen atoms in total. The standard InChI is InChI=1S/C34H43N7O8/c1-5-7-8-9-11-34(3,45)23-16-20-26(49-23)21(17-42)28-24(27(20)46-4)19(15-22(48-28)31(44)47-6-2)10-13-40-14-12-36-33(40)41-18-37-25-29(41)38-32(35)39-30(25)43/h10,12,14-15,23,33,36,42,45H,5-9,11,13,16-18H2,1-4H3,(H2,35,39,43)/p+2. The third-order valence-corrected chi connectivity index (χ3v) is 9.50. The third-order valence-electron chi connectivity index (χ3n) is 9.50. The smallest absolute Gasteiger partial charge is 0.374 e. The highest BCUT2D eigenvalue weighted by atomic mass is 16.6. The van der Waals surface area contributed by atoms with Crippen molar-refractivity contribution in [1.82, 2.24) is 10.6 Å². The number of aliphatic hydroxyl groups excluding tert-OH is 1. The summed E-state index contributed by atoms with van der Waals surface area (Å²) in [4.78, 5) is 35.8. The van der Waals surface area contributed by atoms with Crippen LogP contribution in [0.2, 0.25) is 0 Å². The van der Waals surface area contributed by atoms with Crippen LogP contribution in [0.15, 0.2) is 40.3 Å². The van der Waals surface area contributed by atoms with Gasteiger partial charge in [-0.2, -0.15) is 9.89 Å². The first-order valence-corrected chi connectivity index (χ1v) is 16.8. The number of esters is 1. The van der Waals surface area contributed by atoms with E-state index in [4.69, 9.17) is 24.4 Å². The Labute approximate surface area is 284 Å². The topological polar surface area (TPSA) is 193 Å². The third kappa shape index (κ3) is 6.46. The summed E-state index contributed by atoms with van der Waals surface area (Å²) in [5.74, 6) is 0.0984. The minimum absolute atomic E-state index is 0.0549. The van der Waals surface area contributed by atoms with Crippen LogP contribution in [0.4, 0.5) is 0 Å². The van der Waals surface area contributed by atoms with Crippen LogP contribution in [0.3, 0.4) is 0 Å². The number of carbonyl (C=O) groups is 2. The molecule has 1 aromatic rings. The maximum Gasteiger partial charge on any atom is 0.374 e. The second kappa shape index (κ2) is 14.1. The highest BCUT2D eigenvalue weighted by Crippen LogP contribution is 2.53. The van der Waals surface area contributed by atoms with Crippen molar-refractivity contribution in [2.24, 2.45) is 9.98 Å². The van der Waals surface area contributed by atoms with E-state index in [0.29, 0.717) is 59.0 Å². The van der Waals surface area contributed by atoms with Gasteiger partial charge in [0.2, 0.25) is 17.4 Å². The van der Waals surface area contributed by atoms with Crippen LogP contribution in [0.1, 0.15) is 69.6 Å². The summed E-state index contributed by atoms with van der Waals surface area (Å²) >= 11 is 0. The molecule has 5 unspecified atom stereocenters. The fourth-order valence-electron chi connectivity index (χ4n) is 6.97. The molecule has 15 heteroatoms. The van der Waals surface area contributed by atoms with Gasteiger partial charge in [0.15, 0.2) is 6.67 Å². The molecular weight excluding hydrogens is 634 g/mol. The molecule has 7 N–H and O–H groups in total. The van der Waals surface area contributed by atoms with Crippen LogP contribution >= 0.6 is 0 Å². The molecule has 5 aliphatic rings. The fourth-order valence-corrected chi connectivity index (χ4v) is 6.97. The van der Waals surface area contributed by atoms with Gasteiger partial charge in [0.25, 0.3) is 11.7 Å². The van der Waals surface area contributed by atoms with Crippen LogP contribution in [-0.2, 0) is 27.4 Å². The van der Waals surface area contributed by atoms with E-state index in [-0.39, 0.29) is 42.7 Å². The van der Waals surface area contributed by atoms with E-state index >= 15 is 0 Å². The van der Waals surface area contributed by atoms with Gasteiger partial charge in [0.05, 0.1) is 43.3 Å². The van der Waals surface area contributed by atoms with Crippen LogP contribution in [0.5, 0.6) is 17.2 Å². The predicted molar refractivity (Wildman–Crippen MR) is 178 cm³/mol. The number of unbranched alkanes of at least 4 members (excludes halogenated alkanes) is 3. The maximum absolute atomic E-state index is 13.0. The molecular formula is C34H45N7O8+2.